The summed E-state index contributed by atoms with van der Waals surface area (Å²) in [6, 6.07) is 7.82. The van der Waals surface area contributed by atoms with Crippen molar-refractivity contribution < 1.29 is 17.9 Å². The van der Waals surface area contributed by atoms with Gasteiger partial charge >= 0.3 is 6.18 Å². The lowest BCUT2D eigenvalue weighted by Gasteiger charge is -2.32. The highest BCUT2D eigenvalue weighted by Crippen LogP contribution is 2.34. The second-order valence-electron chi connectivity index (χ2n) is 5.32. The van der Waals surface area contributed by atoms with E-state index in [9.17, 15) is 13.2 Å². The summed E-state index contributed by atoms with van der Waals surface area (Å²) in [5, 5.41) is 0. The van der Waals surface area contributed by atoms with Crippen molar-refractivity contribution in [2.45, 2.75) is 25.4 Å². The first-order valence-electron chi connectivity index (χ1n) is 7.12. The first-order chi connectivity index (χ1) is 9.95. The Labute approximate surface area is 136 Å². The average molecular weight is 413 g/mol. The maximum Gasteiger partial charge on any atom is 0.391 e. The summed E-state index contributed by atoms with van der Waals surface area (Å²) < 4.78 is 44.4. The van der Waals surface area contributed by atoms with Crippen LogP contribution in [0.15, 0.2) is 24.3 Å². The van der Waals surface area contributed by atoms with Gasteiger partial charge in [0.15, 0.2) is 0 Å². The zero-order chi connectivity index (χ0) is 15.3. The highest BCUT2D eigenvalue weighted by atomic mass is 127. The molecule has 1 aromatic rings. The van der Waals surface area contributed by atoms with Crippen molar-refractivity contribution in [2.75, 3.05) is 26.2 Å². The average Bonchev–Trinajstić information content (AvgIpc) is 2.43. The maximum absolute atomic E-state index is 12.6. The van der Waals surface area contributed by atoms with Crippen LogP contribution in [0.3, 0.4) is 0 Å². The van der Waals surface area contributed by atoms with Gasteiger partial charge in [0, 0.05) is 10.1 Å². The molecule has 0 atom stereocenters. The fourth-order valence-electron chi connectivity index (χ4n) is 2.52. The van der Waals surface area contributed by atoms with Gasteiger partial charge in [0.2, 0.25) is 0 Å². The van der Waals surface area contributed by atoms with Crippen LogP contribution in [-0.2, 0) is 0 Å². The van der Waals surface area contributed by atoms with E-state index in [4.69, 9.17) is 4.74 Å². The Kier molecular flexibility index (Phi) is 6.16. The molecule has 2 nitrogen and oxygen atoms in total. The number of hydrogen-bond donors (Lipinski definition) is 0. The minimum Gasteiger partial charge on any atom is -0.494 e. The Morgan fingerprint density at radius 1 is 1.24 bits per heavy atom. The molecule has 0 saturated carbocycles. The van der Waals surface area contributed by atoms with Gasteiger partial charge in [-0.05, 0) is 73.1 Å². The summed E-state index contributed by atoms with van der Waals surface area (Å²) in [6.45, 7) is 2.47. The SMILES string of the molecule is FC(F)(F)C1CCN(CCCOc2cccc(I)c2)CC1. The zero-order valence-corrected chi connectivity index (χ0v) is 13.9. The second kappa shape index (κ2) is 7.67. The molecule has 21 heavy (non-hydrogen) atoms. The molecular formula is C15H19F3INO. The summed E-state index contributed by atoms with van der Waals surface area (Å²) in [7, 11) is 0. The molecule has 0 radical (unpaired) electrons. The number of alkyl halides is 3. The molecule has 2 rings (SSSR count). The van der Waals surface area contributed by atoms with E-state index in [0.717, 1.165) is 22.3 Å². The minimum atomic E-state index is -4.03. The van der Waals surface area contributed by atoms with Crippen LogP contribution < -0.4 is 4.74 Å². The summed E-state index contributed by atoms with van der Waals surface area (Å²) >= 11 is 2.23. The van der Waals surface area contributed by atoms with Crippen LogP contribution >= 0.6 is 22.6 Å². The van der Waals surface area contributed by atoms with Crippen molar-refractivity contribution in [3.8, 4) is 5.75 Å². The zero-order valence-electron chi connectivity index (χ0n) is 11.7. The van der Waals surface area contributed by atoms with Gasteiger partial charge in [0.05, 0.1) is 12.5 Å². The van der Waals surface area contributed by atoms with Crippen LogP contribution in [0, 0.1) is 9.49 Å². The summed E-state index contributed by atoms with van der Waals surface area (Å²) in [4.78, 5) is 2.10. The van der Waals surface area contributed by atoms with E-state index < -0.39 is 12.1 Å². The quantitative estimate of drug-likeness (QED) is 0.526. The van der Waals surface area contributed by atoms with Crippen LogP contribution in [-0.4, -0.2) is 37.3 Å². The summed E-state index contributed by atoms with van der Waals surface area (Å²) in [5.74, 6) is -0.269. The first kappa shape index (κ1) is 16.9. The summed E-state index contributed by atoms with van der Waals surface area (Å²) in [5.41, 5.74) is 0. The van der Waals surface area contributed by atoms with Gasteiger partial charge in [0.25, 0.3) is 0 Å². The van der Waals surface area contributed by atoms with E-state index in [2.05, 4.69) is 27.5 Å². The van der Waals surface area contributed by atoms with Crippen LogP contribution in [0.4, 0.5) is 13.2 Å². The topological polar surface area (TPSA) is 12.5 Å². The third-order valence-corrected chi connectivity index (χ3v) is 4.40. The Morgan fingerprint density at radius 3 is 2.57 bits per heavy atom. The van der Waals surface area contributed by atoms with E-state index in [1.807, 2.05) is 24.3 Å². The molecule has 0 bridgehead atoms. The molecular weight excluding hydrogens is 394 g/mol. The number of hydrogen-bond acceptors (Lipinski definition) is 2. The van der Waals surface area contributed by atoms with Gasteiger partial charge in [0.1, 0.15) is 5.75 Å². The Bertz CT molecular complexity index is 445. The molecule has 1 saturated heterocycles. The minimum absolute atomic E-state index is 0.223. The molecule has 1 heterocycles. The molecule has 0 unspecified atom stereocenters. The lowest BCUT2D eigenvalue weighted by atomic mass is 9.96. The molecule has 118 valence electrons. The number of likely N-dealkylation sites (tertiary alicyclic amines) is 1. The fraction of sp³-hybridized carbons (Fsp3) is 0.600. The number of nitrogens with zero attached hydrogens (tertiary/aromatic N) is 1. The van der Waals surface area contributed by atoms with Crippen LogP contribution in [0.2, 0.25) is 0 Å². The molecule has 1 aliphatic heterocycles. The molecule has 6 heteroatoms. The third kappa shape index (κ3) is 5.65. The number of benzene rings is 1. The number of ether oxygens (including phenoxy) is 1. The van der Waals surface area contributed by atoms with Crippen molar-refractivity contribution in [3.63, 3.8) is 0 Å². The third-order valence-electron chi connectivity index (χ3n) is 3.73. The second-order valence-corrected chi connectivity index (χ2v) is 6.56. The van der Waals surface area contributed by atoms with Crippen LogP contribution in [0.5, 0.6) is 5.75 Å². The van der Waals surface area contributed by atoms with Gasteiger partial charge in [-0.15, -0.1) is 0 Å². The van der Waals surface area contributed by atoms with Crippen molar-refractivity contribution in [1.29, 1.82) is 0 Å². The lowest BCUT2D eigenvalue weighted by molar-refractivity contribution is -0.185. The van der Waals surface area contributed by atoms with Crippen LogP contribution in [0.25, 0.3) is 0 Å². The monoisotopic (exact) mass is 413 g/mol. The van der Waals surface area contributed by atoms with Gasteiger partial charge in [-0.25, -0.2) is 0 Å². The van der Waals surface area contributed by atoms with E-state index in [1.54, 1.807) is 0 Å². The van der Waals surface area contributed by atoms with Crippen molar-refractivity contribution in [1.82, 2.24) is 4.90 Å². The fourth-order valence-corrected chi connectivity index (χ4v) is 3.03. The predicted molar refractivity (Wildman–Crippen MR) is 84.5 cm³/mol. The molecule has 1 aromatic carbocycles. The molecule has 0 aromatic heterocycles. The van der Waals surface area contributed by atoms with Gasteiger partial charge in [-0.2, -0.15) is 13.2 Å². The molecule has 0 spiro atoms. The predicted octanol–water partition coefficient (Wildman–Crippen LogP) is 4.33. The molecule has 0 amide bonds. The lowest BCUT2D eigenvalue weighted by Crippen LogP contribution is -2.39. The van der Waals surface area contributed by atoms with Crippen LogP contribution in [0.1, 0.15) is 19.3 Å². The molecule has 1 fully saturated rings. The van der Waals surface area contributed by atoms with E-state index in [-0.39, 0.29) is 12.8 Å². The number of piperidine rings is 1. The smallest absolute Gasteiger partial charge is 0.391 e. The van der Waals surface area contributed by atoms with E-state index >= 15 is 0 Å². The summed E-state index contributed by atoms with van der Waals surface area (Å²) in [6.07, 6.45) is -2.75. The van der Waals surface area contributed by atoms with Gasteiger partial charge in [-0.1, -0.05) is 6.07 Å². The molecule has 0 N–H and O–H groups in total. The molecule has 1 aliphatic rings. The van der Waals surface area contributed by atoms with Gasteiger partial charge in [-0.3, -0.25) is 0 Å². The van der Waals surface area contributed by atoms with Crippen molar-refractivity contribution >= 4 is 22.6 Å². The Balaban J connectivity index is 1.62. The Morgan fingerprint density at radius 2 is 1.95 bits per heavy atom. The van der Waals surface area contributed by atoms with Gasteiger partial charge < -0.3 is 9.64 Å². The van der Waals surface area contributed by atoms with E-state index in [0.29, 0.717) is 19.7 Å². The standard InChI is InChI=1S/C15H19F3INO/c16-15(17,18)12-5-8-20(9-6-12)7-2-10-21-14-4-1-3-13(19)11-14/h1,3-4,11-12H,2,5-10H2. The van der Waals surface area contributed by atoms with Crippen molar-refractivity contribution in [3.05, 3.63) is 27.8 Å². The van der Waals surface area contributed by atoms with E-state index in [1.165, 1.54) is 0 Å². The highest BCUT2D eigenvalue weighted by Gasteiger charge is 2.40. The van der Waals surface area contributed by atoms with Crippen molar-refractivity contribution in [2.24, 2.45) is 5.92 Å². The first-order valence-corrected chi connectivity index (χ1v) is 8.20. The Hall–Kier alpha value is -0.500. The molecule has 0 aliphatic carbocycles. The maximum atomic E-state index is 12.6. The number of rotatable bonds is 5. The highest BCUT2D eigenvalue weighted by molar-refractivity contribution is 14.1. The largest absolute Gasteiger partial charge is 0.494 e. The number of halogens is 4. The normalized spacial score (nSPS) is 17.9.